The molecule has 0 saturated heterocycles. The van der Waals surface area contributed by atoms with Gasteiger partial charge in [0.05, 0.1) is 11.3 Å². The number of nitrogens with one attached hydrogen (secondary N) is 1. The third-order valence-corrected chi connectivity index (χ3v) is 2.40. The summed E-state index contributed by atoms with van der Waals surface area (Å²) >= 11 is 3.38. The Morgan fingerprint density at radius 2 is 2.27 bits per heavy atom. The van der Waals surface area contributed by atoms with Crippen LogP contribution in [0.5, 0.6) is 0 Å². The van der Waals surface area contributed by atoms with E-state index in [1.54, 1.807) is 6.07 Å². The maximum atomic E-state index is 8.90. The van der Waals surface area contributed by atoms with Crippen molar-refractivity contribution >= 4 is 21.6 Å². The van der Waals surface area contributed by atoms with Crippen LogP contribution in [0.3, 0.4) is 0 Å². The summed E-state index contributed by atoms with van der Waals surface area (Å²) in [5, 5.41) is 12.1. The molecule has 0 amide bonds. The standard InChI is InChI=1S/C12H13BrN2/c1-9(2)5-6-15-12-7-11(13)4-3-10(12)8-14/h3-5,7,15H,6H2,1-2H3. The molecule has 0 radical (unpaired) electrons. The maximum Gasteiger partial charge on any atom is 0.101 e. The first-order chi connectivity index (χ1) is 7.13. The lowest BCUT2D eigenvalue weighted by Crippen LogP contribution is -2.00. The van der Waals surface area contributed by atoms with Crippen LogP contribution in [-0.2, 0) is 0 Å². The zero-order valence-electron chi connectivity index (χ0n) is 8.84. The second-order valence-corrected chi connectivity index (χ2v) is 4.38. The molecule has 0 atom stereocenters. The molecule has 0 spiro atoms. The van der Waals surface area contributed by atoms with Crippen LogP contribution in [0.15, 0.2) is 34.3 Å². The third kappa shape index (κ3) is 3.77. The summed E-state index contributed by atoms with van der Waals surface area (Å²) in [4.78, 5) is 0. The minimum Gasteiger partial charge on any atom is -0.380 e. The van der Waals surface area contributed by atoms with Gasteiger partial charge in [-0.1, -0.05) is 27.6 Å². The molecule has 2 nitrogen and oxygen atoms in total. The normalized spacial score (nSPS) is 9.20. The molecule has 3 heteroatoms. The number of allylic oxidation sites excluding steroid dienone is 1. The first-order valence-corrected chi connectivity index (χ1v) is 5.49. The zero-order chi connectivity index (χ0) is 11.3. The molecule has 0 fully saturated rings. The predicted molar refractivity (Wildman–Crippen MR) is 66.8 cm³/mol. The van der Waals surface area contributed by atoms with Crippen LogP contribution in [-0.4, -0.2) is 6.54 Å². The molecule has 0 saturated carbocycles. The molecule has 78 valence electrons. The van der Waals surface area contributed by atoms with Crippen LogP contribution in [0.1, 0.15) is 19.4 Å². The fraction of sp³-hybridized carbons (Fsp3) is 0.250. The molecule has 0 aromatic heterocycles. The molecule has 1 aromatic carbocycles. The Morgan fingerprint density at radius 1 is 1.53 bits per heavy atom. The Labute approximate surface area is 98.7 Å². The first kappa shape index (κ1) is 11.8. The van der Waals surface area contributed by atoms with Crippen LogP contribution < -0.4 is 5.32 Å². The number of nitriles is 1. The van der Waals surface area contributed by atoms with Crippen LogP contribution in [0.2, 0.25) is 0 Å². The third-order valence-electron chi connectivity index (χ3n) is 1.90. The lowest BCUT2D eigenvalue weighted by atomic mass is 10.2. The topological polar surface area (TPSA) is 35.8 Å². The molecule has 0 aliphatic carbocycles. The summed E-state index contributed by atoms with van der Waals surface area (Å²) in [6.07, 6.45) is 2.09. The van der Waals surface area contributed by atoms with Crippen LogP contribution in [0.4, 0.5) is 5.69 Å². The van der Waals surface area contributed by atoms with Gasteiger partial charge in [0.1, 0.15) is 6.07 Å². The SMILES string of the molecule is CC(C)=CCNc1cc(Br)ccc1C#N. The second kappa shape index (κ2) is 5.57. The van der Waals surface area contributed by atoms with E-state index in [2.05, 4.69) is 33.4 Å². The van der Waals surface area contributed by atoms with Crippen LogP contribution >= 0.6 is 15.9 Å². The van der Waals surface area contributed by atoms with Gasteiger partial charge in [-0.2, -0.15) is 5.26 Å². The number of hydrogen-bond donors (Lipinski definition) is 1. The summed E-state index contributed by atoms with van der Waals surface area (Å²) in [6.45, 7) is 4.84. The predicted octanol–water partition coefficient (Wildman–Crippen LogP) is 3.70. The van der Waals surface area contributed by atoms with Gasteiger partial charge in [0.25, 0.3) is 0 Å². The monoisotopic (exact) mass is 264 g/mol. The molecule has 1 N–H and O–H groups in total. The van der Waals surface area contributed by atoms with Crippen molar-refractivity contribution in [2.75, 3.05) is 11.9 Å². The quantitative estimate of drug-likeness (QED) is 0.846. The first-order valence-electron chi connectivity index (χ1n) is 4.70. The van der Waals surface area contributed by atoms with Crippen molar-refractivity contribution in [3.05, 3.63) is 39.9 Å². The zero-order valence-corrected chi connectivity index (χ0v) is 10.4. The summed E-state index contributed by atoms with van der Waals surface area (Å²) in [6, 6.07) is 7.74. The minimum absolute atomic E-state index is 0.667. The summed E-state index contributed by atoms with van der Waals surface area (Å²) in [5.41, 5.74) is 2.79. The largest absolute Gasteiger partial charge is 0.380 e. The molecule has 0 heterocycles. The molecule has 0 aliphatic heterocycles. The Balaban J connectivity index is 2.80. The number of rotatable bonds is 3. The van der Waals surface area contributed by atoms with Crippen molar-refractivity contribution in [3.63, 3.8) is 0 Å². The smallest absolute Gasteiger partial charge is 0.101 e. The van der Waals surface area contributed by atoms with E-state index in [9.17, 15) is 0 Å². The van der Waals surface area contributed by atoms with Gasteiger partial charge < -0.3 is 5.32 Å². The van der Waals surface area contributed by atoms with Gasteiger partial charge in [-0.25, -0.2) is 0 Å². The molecule has 0 bridgehead atoms. The molecular weight excluding hydrogens is 252 g/mol. The Morgan fingerprint density at radius 3 is 2.87 bits per heavy atom. The second-order valence-electron chi connectivity index (χ2n) is 3.46. The molecule has 0 aliphatic rings. The Hall–Kier alpha value is -1.27. The van der Waals surface area contributed by atoms with Crippen molar-refractivity contribution in [1.82, 2.24) is 0 Å². The minimum atomic E-state index is 0.667. The van der Waals surface area contributed by atoms with Gasteiger partial charge in [0.2, 0.25) is 0 Å². The van der Waals surface area contributed by atoms with E-state index >= 15 is 0 Å². The fourth-order valence-corrected chi connectivity index (χ4v) is 1.49. The van der Waals surface area contributed by atoms with Crippen molar-refractivity contribution < 1.29 is 0 Å². The lowest BCUT2D eigenvalue weighted by molar-refractivity contribution is 1.26. The number of nitrogens with zero attached hydrogens (tertiary/aromatic N) is 1. The molecule has 1 aromatic rings. The Bertz CT molecular complexity index is 412. The van der Waals surface area contributed by atoms with Crippen LogP contribution in [0.25, 0.3) is 0 Å². The number of halogens is 1. The van der Waals surface area contributed by atoms with Gasteiger partial charge in [-0.05, 0) is 32.0 Å². The highest BCUT2D eigenvalue weighted by Crippen LogP contribution is 2.20. The van der Waals surface area contributed by atoms with Crippen molar-refractivity contribution in [1.29, 1.82) is 5.26 Å². The van der Waals surface area contributed by atoms with E-state index in [-0.39, 0.29) is 0 Å². The summed E-state index contributed by atoms with van der Waals surface area (Å²) < 4.78 is 0.973. The van der Waals surface area contributed by atoms with E-state index in [0.29, 0.717) is 5.56 Å². The average Bonchev–Trinajstić information content (AvgIpc) is 2.17. The highest BCUT2D eigenvalue weighted by molar-refractivity contribution is 9.10. The van der Waals surface area contributed by atoms with E-state index < -0.39 is 0 Å². The Kier molecular flexibility index (Phi) is 4.38. The summed E-state index contributed by atoms with van der Waals surface area (Å²) in [5.74, 6) is 0. The van der Waals surface area contributed by atoms with Gasteiger partial charge >= 0.3 is 0 Å². The maximum absolute atomic E-state index is 8.90. The molecular formula is C12H13BrN2. The average molecular weight is 265 g/mol. The van der Waals surface area contributed by atoms with E-state index in [1.807, 2.05) is 26.0 Å². The van der Waals surface area contributed by atoms with Gasteiger partial charge in [-0.15, -0.1) is 0 Å². The van der Waals surface area contributed by atoms with E-state index in [1.165, 1.54) is 5.57 Å². The number of benzene rings is 1. The fourth-order valence-electron chi connectivity index (χ4n) is 1.13. The number of anilines is 1. The summed E-state index contributed by atoms with van der Waals surface area (Å²) in [7, 11) is 0. The molecule has 15 heavy (non-hydrogen) atoms. The van der Waals surface area contributed by atoms with Crippen molar-refractivity contribution in [3.8, 4) is 6.07 Å². The van der Waals surface area contributed by atoms with Crippen molar-refractivity contribution in [2.24, 2.45) is 0 Å². The molecule has 0 unspecified atom stereocenters. The van der Waals surface area contributed by atoms with E-state index in [4.69, 9.17) is 5.26 Å². The van der Waals surface area contributed by atoms with Gasteiger partial charge in [0.15, 0.2) is 0 Å². The van der Waals surface area contributed by atoms with Gasteiger partial charge in [0, 0.05) is 11.0 Å². The highest BCUT2D eigenvalue weighted by Gasteiger charge is 2.00. The molecule has 1 rings (SSSR count). The van der Waals surface area contributed by atoms with E-state index in [0.717, 1.165) is 16.7 Å². The number of hydrogen-bond acceptors (Lipinski definition) is 2. The van der Waals surface area contributed by atoms with Crippen molar-refractivity contribution in [2.45, 2.75) is 13.8 Å². The highest BCUT2D eigenvalue weighted by atomic mass is 79.9. The lowest BCUT2D eigenvalue weighted by Gasteiger charge is -2.06. The van der Waals surface area contributed by atoms with Crippen LogP contribution in [0, 0.1) is 11.3 Å². The van der Waals surface area contributed by atoms with Gasteiger partial charge in [-0.3, -0.25) is 0 Å².